The third-order valence-corrected chi connectivity index (χ3v) is 8.08. The van der Waals surface area contributed by atoms with Gasteiger partial charge in [0.25, 0.3) is 10.0 Å². The molecule has 0 aromatic heterocycles. The second kappa shape index (κ2) is 8.64. The first-order chi connectivity index (χ1) is 15.9. The second-order valence-electron chi connectivity index (χ2n) is 8.30. The molecule has 1 N–H and O–H groups in total. The van der Waals surface area contributed by atoms with Crippen LogP contribution in [0.4, 0.5) is 15.8 Å². The van der Waals surface area contributed by atoms with Gasteiger partial charge in [-0.2, -0.15) is 0 Å². The lowest BCUT2D eigenvalue weighted by atomic mass is 10.1. The summed E-state index contributed by atoms with van der Waals surface area (Å²) in [6.07, 6.45) is 0. The predicted octanol–water partition coefficient (Wildman–Crippen LogP) is 2.43. The van der Waals surface area contributed by atoms with Crippen LogP contribution in [0.15, 0.2) is 65.6 Å². The van der Waals surface area contributed by atoms with E-state index in [-0.39, 0.29) is 23.2 Å². The minimum Gasteiger partial charge on any atom is -0.369 e. The van der Waals surface area contributed by atoms with Gasteiger partial charge in [-0.25, -0.2) is 12.8 Å². The van der Waals surface area contributed by atoms with Gasteiger partial charge < -0.3 is 10.2 Å². The van der Waals surface area contributed by atoms with Crippen LogP contribution >= 0.6 is 0 Å². The third-order valence-electron chi connectivity index (χ3n) is 6.28. The molecule has 3 aromatic carbocycles. The molecule has 0 spiro atoms. The van der Waals surface area contributed by atoms with Crippen molar-refractivity contribution in [2.24, 2.45) is 0 Å². The van der Waals surface area contributed by atoms with E-state index in [1.807, 2.05) is 12.1 Å². The van der Waals surface area contributed by atoms with E-state index in [1.54, 1.807) is 36.4 Å². The zero-order chi connectivity index (χ0) is 23.0. The molecule has 1 amide bonds. The number of halogens is 1. The number of nitrogens with zero attached hydrogens (tertiary/aromatic N) is 3. The van der Waals surface area contributed by atoms with Crippen molar-refractivity contribution in [1.82, 2.24) is 10.2 Å². The molecule has 9 heteroatoms. The lowest BCUT2D eigenvalue weighted by Crippen LogP contribution is -2.49. The van der Waals surface area contributed by atoms with Crippen molar-refractivity contribution in [3.05, 3.63) is 66.5 Å². The molecule has 33 heavy (non-hydrogen) atoms. The van der Waals surface area contributed by atoms with Gasteiger partial charge in [0.1, 0.15) is 12.4 Å². The highest BCUT2D eigenvalue weighted by molar-refractivity contribution is 7.93. The van der Waals surface area contributed by atoms with Crippen LogP contribution in [-0.2, 0) is 14.8 Å². The van der Waals surface area contributed by atoms with Crippen LogP contribution in [0.2, 0.25) is 0 Å². The first kappa shape index (κ1) is 21.7. The van der Waals surface area contributed by atoms with Crippen molar-refractivity contribution < 1.29 is 17.6 Å². The Kier molecular flexibility index (Phi) is 5.67. The summed E-state index contributed by atoms with van der Waals surface area (Å²) in [6.45, 7) is 4.22. The standard InChI is InChI=1S/C24H25FN4O3S/c25-19-7-9-20(10-8-19)28-15-13-27(14-16-28)12-11-26-23(30)17-29-21-5-1-3-18-4-2-6-22(24(18)21)33(29,31)32/h1-10H,11-17H2,(H,26,30). The normalized spacial score (nSPS) is 17.5. The van der Waals surface area contributed by atoms with E-state index in [0.29, 0.717) is 24.2 Å². The number of sulfonamides is 1. The highest BCUT2D eigenvalue weighted by Gasteiger charge is 2.36. The molecule has 0 radical (unpaired) electrons. The lowest BCUT2D eigenvalue weighted by molar-refractivity contribution is -0.119. The minimum atomic E-state index is -3.74. The maximum atomic E-state index is 13.1. The number of amides is 1. The summed E-state index contributed by atoms with van der Waals surface area (Å²) >= 11 is 0. The molecule has 7 nitrogen and oxygen atoms in total. The van der Waals surface area contributed by atoms with E-state index in [9.17, 15) is 17.6 Å². The molecule has 0 atom stereocenters. The van der Waals surface area contributed by atoms with Gasteiger partial charge in [0.15, 0.2) is 0 Å². The molecule has 0 saturated carbocycles. The molecule has 0 unspecified atom stereocenters. The summed E-state index contributed by atoms with van der Waals surface area (Å²) in [5, 5.41) is 4.38. The monoisotopic (exact) mass is 468 g/mol. The molecule has 0 aliphatic carbocycles. The smallest absolute Gasteiger partial charge is 0.265 e. The van der Waals surface area contributed by atoms with Gasteiger partial charge in [0, 0.05) is 50.3 Å². The number of rotatable bonds is 6. The molecule has 1 saturated heterocycles. The number of hydrogen-bond acceptors (Lipinski definition) is 5. The van der Waals surface area contributed by atoms with E-state index in [0.717, 1.165) is 37.3 Å². The molecule has 172 valence electrons. The highest BCUT2D eigenvalue weighted by Crippen LogP contribution is 2.41. The Hall–Kier alpha value is -3.17. The number of piperazine rings is 1. The van der Waals surface area contributed by atoms with E-state index in [4.69, 9.17) is 0 Å². The lowest BCUT2D eigenvalue weighted by Gasteiger charge is -2.36. The maximum absolute atomic E-state index is 13.1. The molecule has 5 rings (SSSR count). The Morgan fingerprint density at radius 3 is 2.36 bits per heavy atom. The van der Waals surface area contributed by atoms with Crippen molar-refractivity contribution >= 4 is 38.1 Å². The van der Waals surface area contributed by atoms with Gasteiger partial charge in [-0.3, -0.25) is 14.0 Å². The predicted molar refractivity (Wildman–Crippen MR) is 127 cm³/mol. The summed E-state index contributed by atoms with van der Waals surface area (Å²) in [6, 6.07) is 17.1. The number of nitrogens with one attached hydrogen (secondary N) is 1. The number of anilines is 2. The molecule has 2 heterocycles. The molecule has 2 aliphatic rings. The van der Waals surface area contributed by atoms with Crippen LogP contribution in [0.5, 0.6) is 0 Å². The van der Waals surface area contributed by atoms with Gasteiger partial charge in [-0.15, -0.1) is 0 Å². The number of hydrogen-bond donors (Lipinski definition) is 1. The number of carbonyl (C=O) groups excluding carboxylic acids is 1. The van der Waals surface area contributed by atoms with Crippen molar-refractivity contribution in [3.8, 4) is 0 Å². The fraction of sp³-hybridized carbons (Fsp3) is 0.292. The van der Waals surface area contributed by atoms with E-state index in [1.165, 1.54) is 16.4 Å². The van der Waals surface area contributed by atoms with Crippen molar-refractivity contribution in [3.63, 3.8) is 0 Å². The summed E-state index contributed by atoms with van der Waals surface area (Å²) < 4.78 is 40.3. The fourth-order valence-corrected chi connectivity index (χ4v) is 6.22. The largest absolute Gasteiger partial charge is 0.369 e. The van der Waals surface area contributed by atoms with Crippen LogP contribution in [-0.4, -0.2) is 65.0 Å². The van der Waals surface area contributed by atoms with Crippen LogP contribution in [0.25, 0.3) is 10.8 Å². The Labute approximate surface area is 192 Å². The highest BCUT2D eigenvalue weighted by atomic mass is 32.2. The SMILES string of the molecule is O=C(CN1c2cccc3cccc(c23)S1(=O)=O)NCCN1CCN(c2ccc(F)cc2)CC1. The van der Waals surface area contributed by atoms with Crippen LogP contribution < -0.4 is 14.5 Å². The van der Waals surface area contributed by atoms with Gasteiger partial charge in [-0.05, 0) is 41.8 Å². The van der Waals surface area contributed by atoms with Crippen LogP contribution in [0, 0.1) is 5.82 Å². The first-order valence-electron chi connectivity index (χ1n) is 11.0. The average molecular weight is 469 g/mol. The topological polar surface area (TPSA) is 73.0 Å². The summed E-state index contributed by atoms with van der Waals surface area (Å²) in [7, 11) is -3.74. The summed E-state index contributed by atoms with van der Waals surface area (Å²) in [5.74, 6) is -0.566. The van der Waals surface area contributed by atoms with E-state index in [2.05, 4.69) is 15.1 Å². The van der Waals surface area contributed by atoms with Crippen molar-refractivity contribution in [2.75, 3.05) is 55.0 Å². The van der Waals surface area contributed by atoms with Gasteiger partial charge >= 0.3 is 0 Å². The molecular weight excluding hydrogens is 443 g/mol. The van der Waals surface area contributed by atoms with Gasteiger partial charge in [0.2, 0.25) is 5.91 Å². The Morgan fingerprint density at radius 1 is 0.939 bits per heavy atom. The molecule has 0 bridgehead atoms. The Morgan fingerprint density at radius 2 is 1.64 bits per heavy atom. The molecule has 2 aliphatic heterocycles. The Bertz CT molecular complexity index is 1280. The number of carbonyl (C=O) groups is 1. The van der Waals surface area contributed by atoms with Crippen LogP contribution in [0.1, 0.15) is 0 Å². The zero-order valence-corrected chi connectivity index (χ0v) is 18.9. The zero-order valence-electron chi connectivity index (χ0n) is 18.1. The maximum Gasteiger partial charge on any atom is 0.265 e. The van der Waals surface area contributed by atoms with E-state index < -0.39 is 10.0 Å². The van der Waals surface area contributed by atoms with Crippen LogP contribution in [0.3, 0.4) is 0 Å². The van der Waals surface area contributed by atoms with E-state index >= 15 is 0 Å². The van der Waals surface area contributed by atoms with Gasteiger partial charge in [-0.1, -0.05) is 24.3 Å². The molecule has 3 aromatic rings. The Balaban J connectivity index is 1.13. The fourth-order valence-electron chi connectivity index (χ4n) is 4.55. The molecule has 1 fully saturated rings. The quantitative estimate of drug-likeness (QED) is 0.602. The van der Waals surface area contributed by atoms with Crippen molar-refractivity contribution in [2.45, 2.75) is 4.90 Å². The summed E-state index contributed by atoms with van der Waals surface area (Å²) in [4.78, 5) is 17.3. The third kappa shape index (κ3) is 4.14. The first-order valence-corrected chi connectivity index (χ1v) is 12.4. The molecular formula is C24H25FN4O3S. The second-order valence-corrected chi connectivity index (χ2v) is 10.1. The minimum absolute atomic E-state index is 0.240. The average Bonchev–Trinajstić information content (AvgIpc) is 3.03. The summed E-state index contributed by atoms with van der Waals surface area (Å²) in [5.41, 5.74) is 1.56. The number of benzene rings is 3. The van der Waals surface area contributed by atoms with Crippen molar-refractivity contribution in [1.29, 1.82) is 0 Å². The van der Waals surface area contributed by atoms with Gasteiger partial charge in [0.05, 0.1) is 10.6 Å².